The summed E-state index contributed by atoms with van der Waals surface area (Å²) in [5, 5.41) is 9.36. The fraction of sp³-hybridized carbons (Fsp3) is 0.741. The van der Waals surface area contributed by atoms with E-state index in [0.717, 1.165) is 56.9 Å². The fourth-order valence-electron chi connectivity index (χ4n) is 4.31. The number of unbranched alkanes of at least 4 members (excludes halogenated alkanes) is 8. The average molecular weight is 419 g/mol. The number of carboxylic acid groups (broad SMARTS) is 1. The molecule has 0 aliphatic carbocycles. The number of hydrogen-bond donors (Lipinski definition) is 1. The van der Waals surface area contributed by atoms with Crippen LogP contribution in [-0.4, -0.2) is 11.3 Å². The molecule has 0 heterocycles. The van der Waals surface area contributed by atoms with Gasteiger partial charge in [0, 0.05) is 0 Å². The number of rotatable bonds is 17. The Morgan fingerprint density at radius 2 is 1.17 bits per heavy atom. The van der Waals surface area contributed by atoms with Crippen LogP contribution in [0.4, 0.5) is 4.79 Å². The zero-order valence-electron chi connectivity index (χ0n) is 20.2. The highest BCUT2D eigenvalue weighted by Crippen LogP contribution is 2.34. The lowest BCUT2D eigenvalue weighted by Gasteiger charge is -2.22. The summed E-state index contributed by atoms with van der Waals surface area (Å²) in [5.41, 5.74) is 5.40. The summed E-state index contributed by atoms with van der Waals surface area (Å²) in [5.74, 6) is 0.600. The fourth-order valence-corrected chi connectivity index (χ4v) is 4.31. The topological polar surface area (TPSA) is 46.5 Å². The van der Waals surface area contributed by atoms with Gasteiger partial charge in [-0.3, -0.25) is 0 Å². The molecule has 30 heavy (non-hydrogen) atoms. The minimum Gasteiger partial charge on any atom is -0.449 e. The number of carbonyl (C=O) groups is 1. The van der Waals surface area contributed by atoms with E-state index in [1.165, 1.54) is 68.1 Å². The number of benzene rings is 1. The maximum atomic E-state index is 11.4. The van der Waals surface area contributed by atoms with Crippen molar-refractivity contribution in [2.24, 2.45) is 0 Å². The molecule has 0 atom stereocenters. The molecule has 3 nitrogen and oxygen atoms in total. The average Bonchev–Trinajstić information content (AvgIpc) is 2.72. The van der Waals surface area contributed by atoms with E-state index in [2.05, 4.69) is 33.8 Å². The van der Waals surface area contributed by atoms with Crippen molar-refractivity contribution in [2.45, 2.75) is 130 Å². The zero-order valence-corrected chi connectivity index (χ0v) is 20.2. The van der Waals surface area contributed by atoms with Crippen LogP contribution in [0.2, 0.25) is 0 Å². The van der Waals surface area contributed by atoms with Crippen LogP contribution in [0, 0.1) is 0 Å². The van der Waals surface area contributed by atoms with E-state index in [9.17, 15) is 9.90 Å². The summed E-state index contributed by atoms with van der Waals surface area (Å²) >= 11 is 0. The van der Waals surface area contributed by atoms with Crippen molar-refractivity contribution in [1.82, 2.24) is 0 Å². The summed E-state index contributed by atoms with van der Waals surface area (Å²) in [7, 11) is 0. The van der Waals surface area contributed by atoms with E-state index in [0.29, 0.717) is 5.75 Å². The molecule has 3 heteroatoms. The van der Waals surface area contributed by atoms with Crippen LogP contribution in [0.15, 0.2) is 6.07 Å². The van der Waals surface area contributed by atoms with E-state index in [1.807, 2.05) is 0 Å². The Bertz CT molecular complexity index is 607. The van der Waals surface area contributed by atoms with Crippen molar-refractivity contribution in [3.05, 3.63) is 28.3 Å². The molecule has 1 aromatic carbocycles. The van der Waals surface area contributed by atoms with Gasteiger partial charge in [0.25, 0.3) is 0 Å². The number of hydrogen-bond acceptors (Lipinski definition) is 2. The predicted molar refractivity (Wildman–Crippen MR) is 128 cm³/mol. The molecule has 0 amide bonds. The molecule has 0 aliphatic rings. The molecule has 1 rings (SSSR count). The van der Waals surface area contributed by atoms with E-state index in [1.54, 1.807) is 0 Å². The van der Waals surface area contributed by atoms with Crippen molar-refractivity contribution in [1.29, 1.82) is 0 Å². The van der Waals surface area contributed by atoms with Crippen molar-refractivity contribution < 1.29 is 14.6 Å². The second-order valence-electron chi connectivity index (χ2n) is 8.67. The minimum absolute atomic E-state index is 0.600. The lowest BCUT2D eigenvalue weighted by atomic mass is 9.85. The number of aryl methyl sites for hydroxylation is 1. The van der Waals surface area contributed by atoms with Crippen molar-refractivity contribution in [3.8, 4) is 5.75 Å². The first kappa shape index (κ1) is 26.5. The van der Waals surface area contributed by atoms with Crippen LogP contribution in [0.1, 0.15) is 127 Å². The highest BCUT2D eigenvalue weighted by atomic mass is 16.7. The monoisotopic (exact) mass is 418 g/mol. The molecular formula is C27H46O3. The summed E-state index contributed by atoms with van der Waals surface area (Å²) in [6.07, 6.45) is 17.4. The third-order valence-corrected chi connectivity index (χ3v) is 6.06. The Morgan fingerprint density at radius 3 is 1.73 bits per heavy atom. The van der Waals surface area contributed by atoms with E-state index in [4.69, 9.17) is 4.74 Å². The molecule has 1 aromatic rings. The Labute approximate surface area is 185 Å². The molecule has 0 bridgehead atoms. The second-order valence-corrected chi connectivity index (χ2v) is 8.67. The van der Waals surface area contributed by atoms with Crippen LogP contribution >= 0.6 is 0 Å². The smallest absolute Gasteiger partial charge is 0.449 e. The van der Waals surface area contributed by atoms with Gasteiger partial charge < -0.3 is 9.84 Å². The summed E-state index contributed by atoms with van der Waals surface area (Å²) in [4.78, 5) is 11.4. The van der Waals surface area contributed by atoms with Gasteiger partial charge in [0.05, 0.1) is 0 Å². The van der Waals surface area contributed by atoms with Gasteiger partial charge in [-0.25, -0.2) is 4.79 Å². The number of ether oxygens (including phenoxy) is 1. The molecular weight excluding hydrogens is 372 g/mol. The van der Waals surface area contributed by atoms with Gasteiger partial charge in [0.2, 0.25) is 0 Å². The van der Waals surface area contributed by atoms with Crippen LogP contribution in [0.5, 0.6) is 5.75 Å². The Kier molecular flexibility index (Phi) is 14.3. The maximum absolute atomic E-state index is 11.4. The lowest BCUT2D eigenvalue weighted by molar-refractivity contribution is 0.144. The van der Waals surface area contributed by atoms with Gasteiger partial charge in [-0.15, -0.1) is 0 Å². The van der Waals surface area contributed by atoms with Gasteiger partial charge in [-0.1, -0.05) is 79.1 Å². The third-order valence-electron chi connectivity index (χ3n) is 6.06. The van der Waals surface area contributed by atoms with Gasteiger partial charge in [0.1, 0.15) is 5.75 Å². The van der Waals surface area contributed by atoms with E-state index < -0.39 is 6.16 Å². The molecule has 0 radical (unpaired) electrons. The van der Waals surface area contributed by atoms with E-state index >= 15 is 0 Å². The van der Waals surface area contributed by atoms with E-state index in [-0.39, 0.29) is 0 Å². The molecule has 1 N–H and O–H groups in total. The van der Waals surface area contributed by atoms with Gasteiger partial charge in [-0.05, 0) is 79.7 Å². The van der Waals surface area contributed by atoms with Gasteiger partial charge >= 0.3 is 6.16 Å². The molecule has 0 unspecified atom stereocenters. The van der Waals surface area contributed by atoms with Crippen molar-refractivity contribution in [2.75, 3.05) is 0 Å². The molecule has 0 saturated heterocycles. The minimum atomic E-state index is -1.19. The molecule has 0 spiro atoms. The SMILES string of the molecule is CCCCCCCCc1cc(OC(=O)O)c(CCCC)c(CCCC)c1CCCC. The van der Waals surface area contributed by atoms with Crippen molar-refractivity contribution >= 4 is 6.16 Å². The summed E-state index contributed by atoms with van der Waals surface area (Å²) in [6.45, 7) is 8.92. The van der Waals surface area contributed by atoms with Gasteiger partial charge in [0.15, 0.2) is 0 Å². The van der Waals surface area contributed by atoms with Crippen LogP contribution in [0.25, 0.3) is 0 Å². The van der Waals surface area contributed by atoms with Crippen molar-refractivity contribution in [3.63, 3.8) is 0 Å². The maximum Gasteiger partial charge on any atom is 0.511 e. The first-order valence-electron chi connectivity index (χ1n) is 12.7. The quantitative estimate of drug-likeness (QED) is 0.156. The lowest BCUT2D eigenvalue weighted by Crippen LogP contribution is -2.12. The largest absolute Gasteiger partial charge is 0.511 e. The predicted octanol–water partition coefficient (Wildman–Crippen LogP) is 8.67. The van der Waals surface area contributed by atoms with Crippen LogP contribution in [-0.2, 0) is 25.7 Å². The Morgan fingerprint density at radius 1 is 0.667 bits per heavy atom. The zero-order chi connectivity index (χ0) is 22.2. The molecule has 172 valence electrons. The third kappa shape index (κ3) is 9.53. The molecule has 0 aromatic heterocycles. The standard InChI is InChI=1S/C27H46O3/c1-5-9-13-14-15-16-17-22-21-26(30-27(28)29)25(20-12-8-4)24(19-11-7-3)23(22)18-10-6-2/h21H,5-20H2,1-4H3,(H,28,29). The van der Waals surface area contributed by atoms with Crippen LogP contribution in [0.3, 0.4) is 0 Å². The Balaban J connectivity index is 3.26. The molecule has 0 aliphatic heterocycles. The molecule has 0 saturated carbocycles. The first-order chi connectivity index (χ1) is 14.6. The highest BCUT2D eigenvalue weighted by molar-refractivity contribution is 5.64. The summed E-state index contributed by atoms with van der Waals surface area (Å²) < 4.78 is 5.34. The molecule has 0 fully saturated rings. The normalized spacial score (nSPS) is 11.1. The van der Waals surface area contributed by atoms with Gasteiger partial charge in [-0.2, -0.15) is 0 Å². The summed E-state index contributed by atoms with van der Waals surface area (Å²) in [6, 6.07) is 2.07. The second kappa shape index (κ2) is 16.2. The Hall–Kier alpha value is -1.51. The highest BCUT2D eigenvalue weighted by Gasteiger charge is 2.20. The first-order valence-corrected chi connectivity index (χ1v) is 12.7. The van der Waals surface area contributed by atoms with Crippen LogP contribution < -0.4 is 4.74 Å².